The van der Waals surface area contributed by atoms with E-state index in [0.29, 0.717) is 34.4 Å². The number of carbonyl (C=O) groups excluding carboxylic acids is 1. The third-order valence-corrected chi connectivity index (χ3v) is 13.3. The van der Waals surface area contributed by atoms with Crippen LogP contribution in [0.4, 0.5) is 23.1 Å². The predicted molar refractivity (Wildman–Crippen MR) is 209 cm³/mol. The Morgan fingerprint density at radius 2 is 1.67 bits per heavy atom. The number of aliphatic hydroxyl groups excluding tert-OH is 1. The van der Waals surface area contributed by atoms with Crippen molar-refractivity contribution < 1.29 is 9.90 Å². The standard InChI is InChI=1S/C38H53ClN10O2S/c1-38(13-19-49(20-14-38)32-23-43-37(35(41)45-32)52-30-4-2-3-29(40)34(30)39)44-21-25-9-15-47(16-10-25)24-26-11-17-48(18-12-26)31-7-5-27(22-42-31)28-6-8-33(50)46-36(28)51/h2-5,7,22-23,25-26,28,36,44,51H,6,8-21,24,40H2,1H3,(H2,41,45)(H,46,50). The lowest BCUT2D eigenvalue weighted by atomic mass is 9.87. The first-order valence-electron chi connectivity index (χ1n) is 18.9. The van der Waals surface area contributed by atoms with Crippen molar-refractivity contribution in [2.45, 2.75) is 85.9 Å². The number of hydrogen-bond acceptors (Lipinski definition) is 12. The van der Waals surface area contributed by atoms with Crippen LogP contribution in [0.15, 0.2) is 52.6 Å². The number of nitrogens with one attached hydrogen (secondary N) is 2. The molecular weight excluding hydrogens is 696 g/mol. The van der Waals surface area contributed by atoms with Gasteiger partial charge in [-0.25, -0.2) is 15.0 Å². The van der Waals surface area contributed by atoms with E-state index in [1.165, 1.54) is 57.1 Å². The lowest BCUT2D eigenvalue weighted by Crippen LogP contribution is -2.53. The highest BCUT2D eigenvalue weighted by Gasteiger charge is 2.33. The number of halogens is 1. The fraction of sp³-hybridized carbons (Fsp3) is 0.579. The van der Waals surface area contributed by atoms with Crippen LogP contribution in [0.1, 0.15) is 69.8 Å². The molecule has 12 nitrogen and oxygen atoms in total. The van der Waals surface area contributed by atoms with Gasteiger partial charge in [0.2, 0.25) is 5.91 Å². The lowest BCUT2D eigenvalue weighted by Gasteiger charge is -2.42. The maximum Gasteiger partial charge on any atom is 0.222 e. The minimum Gasteiger partial charge on any atom is -0.397 e. The van der Waals surface area contributed by atoms with Gasteiger partial charge in [0.15, 0.2) is 5.82 Å². The van der Waals surface area contributed by atoms with Gasteiger partial charge < -0.3 is 41.9 Å². The van der Waals surface area contributed by atoms with Crippen LogP contribution in [0, 0.1) is 11.8 Å². The summed E-state index contributed by atoms with van der Waals surface area (Å²) in [6.07, 6.45) is 10.9. The maximum atomic E-state index is 11.6. The first-order chi connectivity index (χ1) is 25.1. The number of piperidine rings is 4. The van der Waals surface area contributed by atoms with Crippen molar-refractivity contribution in [3.05, 3.63) is 53.3 Å². The molecule has 0 spiro atoms. The van der Waals surface area contributed by atoms with E-state index in [4.69, 9.17) is 33.0 Å². The first kappa shape index (κ1) is 37.0. The molecule has 4 aliphatic heterocycles. The average molecular weight is 749 g/mol. The first-order valence-corrected chi connectivity index (χ1v) is 20.1. The second kappa shape index (κ2) is 16.3. The summed E-state index contributed by atoms with van der Waals surface area (Å²) in [7, 11) is 0. The summed E-state index contributed by atoms with van der Waals surface area (Å²) in [5.74, 6) is 3.50. The number of carbonyl (C=O) groups is 1. The van der Waals surface area contributed by atoms with E-state index in [1.807, 2.05) is 24.5 Å². The van der Waals surface area contributed by atoms with Crippen LogP contribution in [-0.2, 0) is 4.79 Å². The maximum absolute atomic E-state index is 11.6. The number of nitrogen functional groups attached to an aromatic ring is 2. The highest BCUT2D eigenvalue weighted by molar-refractivity contribution is 7.99. The molecule has 1 amide bonds. The van der Waals surface area contributed by atoms with Gasteiger partial charge in [0.1, 0.15) is 22.9 Å². The molecule has 4 fully saturated rings. The Balaban J connectivity index is 0.796. The molecule has 1 aromatic carbocycles. The molecule has 280 valence electrons. The van der Waals surface area contributed by atoms with Crippen molar-refractivity contribution >= 4 is 52.4 Å². The molecule has 7 rings (SSSR count). The van der Waals surface area contributed by atoms with Crippen LogP contribution in [0.2, 0.25) is 5.02 Å². The Labute approximate surface area is 316 Å². The largest absolute Gasteiger partial charge is 0.397 e. The summed E-state index contributed by atoms with van der Waals surface area (Å²) in [6, 6.07) is 9.69. The zero-order valence-corrected chi connectivity index (χ0v) is 31.7. The summed E-state index contributed by atoms with van der Waals surface area (Å²) < 4.78 is 0. The number of aromatic nitrogens is 3. The van der Waals surface area contributed by atoms with Crippen molar-refractivity contribution in [2.24, 2.45) is 11.8 Å². The van der Waals surface area contributed by atoms with E-state index in [1.54, 1.807) is 6.07 Å². The fourth-order valence-corrected chi connectivity index (χ4v) is 9.20. The number of rotatable bonds is 10. The Bertz CT molecular complexity index is 1670. The quantitative estimate of drug-likeness (QED) is 0.182. The number of anilines is 4. The Morgan fingerprint density at radius 3 is 2.37 bits per heavy atom. The number of pyridine rings is 1. The number of benzene rings is 1. The third kappa shape index (κ3) is 8.87. The van der Waals surface area contributed by atoms with Gasteiger partial charge in [-0.05, 0) is 107 Å². The minimum atomic E-state index is -0.834. The van der Waals surface area contributed by atoms with Crippen LogP contribution in [0.5, 0.6) is 0 Å². The molecule has 7 N–H and O–H groups in total. The second-order valence-electron chi connectivity index (χ2n) is 15.4. The average Bonchev–Trinajstić information content (AvgIpc) is 3.15. The van der Waals surface area contributed by atoms with E-state index < -0.39 is 6.23 Å². The topological polar surface area (TPSA) is 162 Å². The molecule has 52 heavy (non-hydrogen) atoms. The lowest BCUT2D eigenvalue weighted by molar-refractivity contribution is -0.127. The third-order valence-electron chi connectivity index (χ3n) is 11.7. The zero-order valence-electron chi connectivity index (χ0n) is 30.1. The van der Waals surface area contributed by atoms with E-state index in [2.05, 4.69) is 49.4 Å². The molecule has 2 atom stereocenters. The van der Waals surface area contributed by atoms with E-state index in [-0.39, 0.29) is 17.4 Å². The molecule has 14 heteroatoms. The number of likely N-dealkylation sites (tertiary alicyclic amines) is 1. The molecular formula is C38H53ClN10O2S. The monoisotopic (exact) mass is 748 g/mol. The predicted octanol–water partition coefficient (Wildman–Crippen LogP) is 4.73. The van der Waals surface area contributed by atoms with Crippen molar-refractivity contribution in [2.75, 3.05) is 73.6 Å². The second-order valence-corrected chi connectivity index (χ2v) is 16.8. The molecule has 2 unspecified atom stereocenters. The zero-order chi connectivity index (χ0) is 36.2. The van der Waals surface area contributed by atoms with Gasteiger partial charge >= 0.3 is 0 Å². The highest BCUT2D eigenvalue weighted by atomic mass is 35.5. The molecule has 3 aromatic rings. The molecule has 0 radical (unpaired) electrons. The summed E-state index contributed by atoms with van der Waals surface area (Å²) in [5, 5.41) is 18.0. The van der Waals surface area contributed by atoms with Gasteiger partial charge in [-0.3, -0.25) is 4.79 Å². The Hall–Kier alpha value is -3.36. The van der Waals surface area contributed by atoms with Gasteiger partial charge in [0.05, 0.1) is 16.9 Å². The van der Waals surface area contributed by atoms with Crippen LogP contribution < -0.4 is 31.9 Å². The van der Waals surface area contributed by atoms with Crippen molar-refractivity contribution in [3.8, 4) is 0 Å². The number of nitrogens with zero attached hydrogens (tertiary/aromatic N) is 6. The van der Waals surface area contributed by atoms with Crippen LogP contribution in [0.3, 0.4) is 0 Å². The number of amides is 1. The van der Waals surface area contributed by atoms with E-state index in [9.17, 15) is 9.90 Å². The SMILES string of the molecule is CC1(NCC2CCN(CC3CCN(c4ccc(C5CCC(=O)NC5O)cn4)CC3)CC2)CCN(c2cnc(Sc3cccc(N)c3Cl)c(N)n2)CC1. The van der Waals surface area contributed by atoms with Gasteiger partial charge in [-0.1, -0.05) is 35.5 Å². The smallest absolute Gasteiger partial charge is 0.222 e. The molecule has 0 saturated carbocycles. The molecule has 4 aliphatic rings. The molecule has 0 aliphatic carbocycles. The van der Waals surface area contributed by atoms with Gasteiger partial charge in [-0.15, -0.1) is 0 Å². The van der Waals surface area contributed by atoms with Gasteiger partial charge in [0, 0.05) is 61.7 Å². The summed E-state index contributed by atoms with van der Waals surface area (Å²) >= 11 is 7.75. The molecule has 0 bridgehead atoms. The van der Waals surface area contributed by atoms with Gasteiger partial charge in [0.25, 0.3) is 0 Å². The van der Waals surface area contributed by atoms with E-state index in [0.717, 1.165) is 79.5 Å². The molecule has 4 saturated heterocycles. The summed E-state index contributed by atoms with van der Waals surface area (Å²) in [5.41, 5.74) is 13.9. The fourth-order valence-electron chi connectivity index (χ4n) is 8.14. The van der Waals surface area contributed by atoms with Crippen LogP contribution in [0.25, 0.3) is 0 Å². The number of nitrogens with two attached hydrogens (primary N) is 2. The molecule has 6 heterocycles. The van der Waals surface area contributed by atoms with Crippen LogP contribution in [-0.4, -0.2) is 95.0 Å². The Kier molecular flexibility index (Phi) is 11.6. The van der Waals surface area contributed by atoms with Crippen molar-refractivity contribution in [1.29, 1.82) is 0 Å². The van der Waals surface area contributed by atoms with E-state index >= 15 is 0 Å². The summed E-state index contributed by atoms with van der Waals surface area (Å²) in [4.78, 5) is 33.8. The normalized spacial score (nSPS) is 23.5. The minimum absolute atomic E-state index is 0.0874. The number of hydrogen-bond donors (Lipinski definition) is 5. The highest BCUT2D eigenvalue weighted by Crippen LogP contribution is 2.38. The summed E-state index contributed by atoms with van der Waals surface area (Å²) in [6.45, 7) is 10.9. The Morgan fingerprint density at radius 1 is 0.942 bits per heavy atom. The van der Waals surface area contributed by atoms with Crippen molar-refractivity contribution in [3.63, 3.8) is 0 Å². The number of aliphatic hydroxyl groups is 1. The van der Waals surface area contributed by atoms with Gasteiger partial charge in [-0.2, -0.15) is 0 Å². The van der Waals surface area contributed by atoms with Crippen LogP contribution >= 0.6 is 23.4 Å². The van der Waals surface area contributed by atoms with Crippen molar-refractivity contribution in [1.82, 2.24) is 30.5 Å². The molecule has 2 aromatic heterocycles.